The quantitative estimate of drug-likeness (QED) is 0.297. The van der Waals surface area contributed by atoms with E-state index in [9.17, 15) is 40.3 Å². The van der Waals surface area contributed by atoms with Gasteiger partial charge in [0.05, 0.1) is 11.1 Å². The number of anilines is 1. The van der Waals surface area contributed by atoms with Crippen LogP contribution in [0.5, 0.6) is 0 Å². The van der Waals surface area contributed by atoms with Crippen LogP contribution in [0.2, 0.25) is 0 Å². The van der Waals surface area contributed by atoms with E-state index in [-0.39, 0.29) is 25.6 Å². The first-order valence-corrected chi connectivity index (χ1v) is 10.6. The van der Waals surface area contributed by atoms with Gasteiger partial charge in [0.1, 0.15) is 5.82 Å². The van der Waals surface area contributed by atoms with Crippen molar-refractivity contribution < 1.29 is 40.3 Å². The van der Waals surface area contributed by atoms with E-state index in [1.54, 1.807) is 30.3 Å². The van der Waals surface area contributed by atoms with Crippen molar-refractivity contribution in [3.63, 3.8) is 0 Å². The van der Waals surface area contributed by atoms with E-state index in [1.807, 2.05) is 0 Å². The number of alkyl halides is 6. The number of carbonyl (C=O) groups is 2. The van der Waals surface area contributed by atoms with Gasteiger partial charge in [0.15, 0.2) is 0 Å². The molecular formula is C25H19F7N2O2. The molecule has 0 bridgehead atoms. The molecule has 0 fully saturated rings. The molecule has 0 unspecified atom stereocenters. The van der Waals surface area contributed by atoms with E-state index in [1.165, 1.54) is 17.0 Å². The fourth-order valence-electron chi connectivity index (χ4n) is 3.33. The average molecular weight is 512 g/mol. The monoisotopic (exact) mass is 512 g/mol. The zero-order valence-corrected chi connectivity index (χ0v) is 18.5. The van der Waals surface area contributed by atoms with E-state index in [4.69, 9.17) is 0 Å². The van der Waals surface area contributed by atoms with E-state index in [2.05, 4.69) is 5.32 Å². The van der Waals surface area contributed by atoms with Crippen LogP contribution in [0.25, 0.3) is 0 Å². The van der Waals surface area contributed by atoms with Crippen LogP contribution in [0.15, 0.2) is 72.8 Å². The number of carbonyl (C=O) groups excluding carboxylic acids is 2. The Labute approximate surface area is 201 Å². The highest BCUT2D eigenvalue weighted by Crippen LogP contribution is 2.36. The normalized spacial score (nSPS) is 11.8. The molecule has 3 aromatic rings. The summed E-state index contributed by atoms with van der Waals surface area (Å²) in [5.74, 6) is -2.06. The molecule has 0 aliphatic rings. The molecule has 11 heteroatoms. The lowest BCUT2D eigenvalue weighted by Crippen LogP contribution is -2.34. The Morgan fingerprint density at radius 3 is 1.83 bits per heavy atom. The van der Waals surface area contributed by atoms with E-state index in [0.29, 0.717) is 23.4 Å². The third-order valence-corrected chi connectivity index (χ3v) is 5.10. The number of nitrogens with one attached hydrogen (secondary N) is 1. The van der Waals surface area contributed by atoms with Gasteiger partial charge in [-0.05, 0) is 61.0 Å². The maximum atomic E-state index is 13.3. The molecule has 0 spiro atoms. The predicted octanol–water partition coefficient (Wildman–Crippen LogP) is 6.33. The Bertz CT molecular complexity index is 1180. The van der Waals surface area contributed by atoms with Crippen LogP contribution in [0, 0.1) is 5.82 Å². The molecule has 3 rings (SSSR count). The van der Waals surface area contributed by atoms with Gasteiger partial charge < -0.3 is 10.2 Å². The molecule has 1 N–H and O–H groups in total. The lowest BCUT2D eigenvalue weighted by molar-refractivity contribution is -0.143. The van der Waals surface area contributed by atoms with Gasteiger partial charge in [-0.15, -0.1) is 0 Å². The SMILES string of the molecule is O=C(NCCCN(C(=O)c1ccccc1)c1ccc(F)cc1)c1cc(C(F)(F)F)cc(C(F)(F)F)c1. The zero-order valence-electron chi connectivity index (χ0n) is 18.5. The van der Waals surface area contributed by atoms with Crippen LogP contribution in [0.4, 0.5) is 36.4 Å². The molecule has 0 aliphatic heterocycles. The highest BCUT2D eigenvalue weighted by molar-refractivity contribution is 6.06. The highest BCUT2D eigenvalue weighted by atomic mass is 19.4. The Morgan fingerprint density at radius 2 is 1.31 bits per heavy atom. The van der Waals surface area contributed by atoms with Crippen LogP contribution in [-0.4, -0.2) is 24.9 Å². The van der Waals surface area contributed by atoms with Gasteiger partial charge in [0.25, 0.3) is 11.8 Å². The smallest absolute Gasteiger partial charge is 0.352 e. The fraction of sp³-hybridized carbons (Fsp3) is 0.200. The summed E-state index contributed by atoms with van der Waals surface area (Å²) in [6.07, 6.45) is -10.1. The summed E-state index contributed by atoms with van der Waals surface area (Å²) in [4.78, 5) is 26.6. The third kappa shape index (κ3) is 6.83. The van der Waals surface area contributed by atoms with Crippen molar-refractivity contribution in [3.8, 4) is 0 Å². The Morgan fingerprint density at radius 1 is 0.750 bits per heavy atom. The zero-order chi connectivity index (χ0) is 26.5. The second kappa shape index (κ2) is 10.8. The number of hydrogen-bond donors (Lipinski definition) is 1. The maximum absolute atomic E-state index is 13.3. The fourth-order valence-corrected chi connectivity index (χ4v) is 3.33. The first-order chi connectivity index (χ1) is 16.9. The van der Waals surface area contributed by atoms with Crippen molar-refractivity contribution in [2.45, 2.75) is 18.8 Å². The Kier molecular flexibility index (Phi) is 8.01. The molecule has 36 heavy (non-hydrogen) atoms. The standard InChI is InChI=1S/C25H19F7N2O2/c26-20-7-9-21(10-8-20)34(23(36)16-5-2-1-3-6-16)12-4-11-33-22(35)17-13-18(24(27,28)29)15-19(14-17)25(30,31)32/h1-3,5-10,13-15H,4,11-12H2,(H,33,35). The van der Waals surface area contributed by atoms with Crippen LogP contribution in [0.3, 0.4) is 0 Å². The lowest BCUT2D eigenvalue weighted by atomic mass is 10.0. The van der Waals surface area contributed by atoms with Gasteiger partial charge in [-0.25, -0.2) is 4.39 Å². The minimum atomic E-state index is -5.08. The van der Waals surface area contributed by atoms with Crippen LogP contribution in [0.1, 0.15) is 38.3 Å². The van der Waals surface area contributed by atoms with Gasteiger partial charge in [-0.1, -0.05) is 18.2 Å². The summed E-state index contributed by atoms with van der Waals surface area (Å²) < 4.78 is 91.6. The van der Waals surface area contributed by atoms with Gasteiger partial charge in [0.2, 0.25) is 0 Å². The second-order valence-corrected chi connectivity index (χ2v) is 7.70. The number of amides is 2. The van der Waals surface area contributed by atoms with E-state index < -0.39 is 46.7 Å². The number of hydrogen-bond acceptors (Lipinski definition) is 2. The molecule has 0 aromatic heterocycles. The van der Waals surface area contributed by atoms with Gasteiger partial charge in [-0.2, -0.15) is 26.3 Å². The van der Waals surface area contributed by atoms with Crippen molar-refractivity contribution >= 4 is 17.5 Å². The summed E-state index contributed by atoms with van der Waals surface area (Å²) in [5, 5.41) is 2.28. The molecule has 2 amide bonds. The Hall–Kier alpha value is -3.89. The largest absolute Gasteiger partial charge is 0.416 e. The molecule has 0 heterocycles. The van der Waals surface area contributed by atoms with Crippen molar-refractivity contribution in [2.75, 3.05) is 18.0 Å². The predicted molar refractivity (Wildman–Crippen MR) is 118 cm³/mol. The summed E-state index contributed by atoms with van der Waals surface area (Å²) >= 11 is 0. The van der Waals surface area contributed by atoms with Gasteiger partial charge >= 0.3 is 12.4 Å². The summed E-state index contributed by atoms with van der Waals surface area (Å²) in [6, 6.07) is 13.9. The molecule has 0 atom stereocenters. The minimum Gasteiger partial charge on any atom is -0.352 e. The van der Waals surface area contributed by atoms with E-state index >= 15 is 0 Å². The summed E-state index contributed by atoms with van der Waals surface area (Å²) in [7, 11) is 0. The summed E-state index contributed by atoms with van der Waals surface area (Å²) in [6.45, 7) is -0.133. The van der Waals surface area contributed by atoms with Crippen molar-refractivity contribution in [2.24, 2.45) is 0 Å². The average Bonchev–Trinajstić information content (AvgIpc) is 2.83. The molecule has 0 saturated heterocycles. The molecule has 0 radical (unpaired) electrons. The van der Waals surface area contributed by atoms with Crippen molar-refractivity contribution in [1.29, 1.82) is 0 Å². The topological polar surface area (TPSA) is 49.4 Å². The maximum Gasteiger partial charge on any atom is 0.416 e. The van der Waals surface area contributed by atoms with Crippen LogP contribution < -0.4 is 10.2 Å². The van der Waals surface area contributed by atoms with Gasteiger partial charge in [-0.3, -0.25) is 9.59 Å². The molecule has 0 saturated carbocycles. The minimum absolute atomic E-state index is 0.0238. The first kappa shape index (κ1) is 26.7. The molecule has 0 aliphatic carbocycles. The molecule has 4 nitrogen and oxygen atoms in total. The molecular weight excluding hydrogens is 493 g/mol. The highest BCUT2D eigenvalue weighted by Gasteiger charge is 2.37. The Balaban J connectivity index is 1.72. The molecule has 3 aromatic carbocycles. The number of rotatable bonds is 7. The van der Waals surface area contributed by atoms with Crippen LogP contribution in [-0.2, 0) is 12.4 Å². The van der Waals surface area contributed by atoms with Gasteiger partial charge in [0, 0.05) is 29.9 Å². The van der Waals surface area contributed by atoms with Crippen molar-refractivity contribution in [1.82, 2.24) is 5.32 Å². The first-order valence-electron chi connectivity index (χ1n) is 10.6. The summed E-state index contributed by atoms with van der Waals surface area (Å²) in [5.41, 5.74) is -3.29. The molecule has 190 valence electrons. The number of halogens is 7. The lowest BCUT2D eigenvalue weighted by Gasteiger charge is -2.23. The van der Waals surface area contributed by atoms with E-state index in [0.717, 1.165) is 12.1 Å². The van der Waals surface area contributed by atoms with Crippen LogP contribution >= 0.6 is 0 Å². The van der Waals surface area contributed by atoms with Crippen molar-refractivity contribution in [3.05, 3.63) is 101 Å². The third-order valence-electron chi connectivity index (χ3n) is 5.10. The number of nitrogens with zero attached hydrogens (tertiary/aromatic N) is 1. The number of benzene rings is 3. The second-order valence-electron chi connectivity index (χ2n) is 7.70.